The van der Waals surface area contributed by atoms with E-state index in [0.29, 0.717) is 11.1 Å². The fourth-order valence-corrected chi connectivity index (χ4v) is 13.1. The maximum atomic E-state index is 15.6. The Bertz CT molecular complexity index is 4570. The fourth-order valence-electron chi connectivity index (χ4n) is 13.1. The van der Waals surface area contributed by atoms with Crippen LogP contribution < -0.4 is 9.80 Å². The number of furan rings is 1. The van der Waals surface area contributed by atoms with Crippen LogP contribution in [0.25, 0.3) is 66.1 Å². The highest BCUT2D eigenvalue weighted by Gasteiger charge is 2.51. The van der Waals surface area contributed by atoms with Gasteiger partial charge in [-0.2, -0.15) is 0 Å². The van der Waals surface area contributed by atoms with Crippen LogP contribution in [0.3, 0.4) is 0 Å². The summed E-state index contributed by atoms with van der Waals surface area (Å²) in [4.78, 5) is 4.77. The molecule has 12 aromatic carbocycles. The summed E-state index contributed by atoms with van der Waals surface area (Å²) in [5.74, 6) is -0.533. The molecule has 5 heteroatoms. The van der Waals surface area contributed by atoms with Gasteiger partial charge < -0.3 is 14.2 Å². The molecule has 0 bridgehead atoms. The topological polar surface area (TPSA) is 19.6 Å². The molecule has 0 saturated heterocycles. The molecule has 1 heterocycles. The number of rotatable bonds is 10. The average Bonchev–Trinajstić information content (AvgIpc) is 1.62. The summed E-state index contributed by atoms with van der Waals surface area (Å²) < 4.78 is 38.3. The van der Waals surface area contributed by atoms with E-state index in [-0.39, 0.29) is 22.5 Å². The largest absolute Gasteiger partial charge is 0.456 e. The average molecular weight is 1090 g/mol. The lowest BCUT2D eigenvalue weighted by atomic mass is 9.66. The lowest BCUT2D eigenvalue weighted by molar-refractivity contribution is 0.590. The van der Waals surface area contributed by atoms with Crippen LogP contribution >= 0.6 is 0 Å². The predicted octanol–water partition coefficient (Wildman–Crippen LogP) is 22.2. The first-order chi connectivity index (χ1) is 40.8. The highest BCUT2D eigenvalue weighted by atomic mass is 19.1. The summed E-state index contributed by atoms with van der Waals surface area (Å²) in [5, 5.41) is 4.20. The van der Waals surface area contributed by atoms with E-state index in [1.807, 2.05) is 54.6 Å². The predicted molar refractivity (Wildman–Crippen MR) is 346 cm³/mol. The van der Waals surface area contributed by atoms with Gasteiger partial charge >= 0.3 is 0 Å². The molecule has 3 nitrogen and oxygen atoms in total. The van der Waals surface area contributed by atoms with Crippen LogP contribution in [-0.4, -0.2) is 0 Å². The highest BCUT2D eigenvalue weighted by Crippen LogP contribution is 2.65. The van der Waals surface area contributed by atoms with E-state index in [4.69, 9.17) is 4.42 Å². The van der Waals surface area contributed by atoms with E-state index < -0.39 is 5.41 Å². The summed E-state index contributed by atoms with van der Waals surface area (Å²) in [5.41, 5.74) is 17.8. The van der Waals surface area contributed by atoms with Gasteiger partial charge in [0.25, 0.3) is 0 Å². The second-order valence-electron chi connectivity index (χ2n) is 24.3. The van der Waals surface area contributed by atoms with Crippen molar-refractivity contribution in [3.05, 3.63) is 312 Å². The van der Waals surface area contributed by atoms with E-state index >= 15 is 8.78 Å². The Kier molecular flexibility index (Phi) is 12.6. The van der Waals surface area contributed by atoms with Crippen molar-refractivity contribution in [1.82, 2.24) is 0 Å². The molecule has 0 saturated carbocycles. The number of halogens is 2. The molecule has 0 N–H and O–H groups in total. The lowest BCUT2D eigenvalue weighted by Gasteiger charge is -2.38. The molecule has 84 heavy (non-hydrogen) atoms. The molecule has 0 atom stereocenters. The minimum atomic E-state index is -0.985. The van der Waals surface area contributed by atoms with Crippen molar-refractivity contribution in [3.8, 4) is 33.4 Å². The van der Waals surface area contributed by atoms with Crippen molar-refractivity contribution in [3.63, 3.8) is 0 Å². The maximum Gasteiger partial charge on any atom is 0.138 e. The molecule has 14 rings (SSSR count). The summed E-state index contributed by atoms with van der Waals surface area (Å²) in [6.07, 6.45) is 0. The Morgan fingerprint density at radius 2 is 0.762 bits per heavy atom. The van der Waals surface area contributed by atoms with E-state index in [1.54, 1.807) is 12.1 Å². The van der Waals surface area contributed by atoms with E-state index in [1.165, 1.54) is 23.3 Å². The first-order valence-electron chi connectivity index (χ1n) is 28.9. The monoisotopic (exact) mass is 1090 g/mol. The van der Waals surface area contributed by atoms with Crippen LogP contribution in [0.2, 0.25) is 0 Å². The first kappa shape index (κ1) is 52.2. The number of anilines is 6. The molecule has 408 valence electrons. The normalized spacial score (nSPS) is 12.9. The Morgan fingerprint density at radius 1 is 0.357 bits per heavy atom. The second-order valence-corrected chi connectivity index (χ2v) is 24.3. The van der Waals surface area contributed by atoms with Crippen LogP contribution in [0.1, 0.15) is 74.9 Å². The number of para-hydroxylation sites is 1. The van der Waals surface area contributed by atoms with Crippen LogP contribution in [0, 0.1) is 11.6 Å². The first-order valence-corrected chi connectivity index (χ1v) is 28.9. The van der Waals surface area contributed by atoms with Crippen LogP contribution in [-0.2, 0) is 16.2 Å². The van der Waals surface area contributed by atoms with Gasteiger partial charge in [0.2, 0.25) is 0 Å². The maximum absolute atomic E-state index is 15.6. The Morgan fingerprint density at radius 3 is 1.24 bits per heavy atom. The summed E-state index contributed by atoms with van der Waals surface area (Å²) in [6, 6.07) is 92.5. The third kappa shape index (κ3) is 8.60. The van der Waals surface area contributed by atoms with Gasteiger partial charge in [0.15, 0.2) is 0 Å². The Hall–Kier alpha value is -9.84. The standard InChI is InChI=1S/C79H62F2N2O/c1-77(2,3)53-37-45-59(46-38-53)82(57-41-33-51(34-42-57)61-25-15-18-30-67(61)80)69-49-66-73(64-28-14-13-27-63(64)69)75-74-65-29-17-20-32-71(65)84-72(74)50-70(76(75)79(66,55-21-9-7-10-22-55)56-23-11-8-12-24-56)83(60-47-39-54(40-48-60)78(4,5)6)58-43-35-52(36-44-58)62-26-16-19-31-68(62)81/h7-50H,1-6H3. The number of nitrogens with zero attached hydrogens (tertiary/aromatic N) is 2. The third-order valence-corrected chi connectivity index (χ3v) is 17.2. The van der Waals surface area contributed by atoms with Gasteiger partial charge in [-0.3, -0.25) is 0 Å². The molecule has 0 radical (unpaired) electrons. The van der Waals surface area contributed by atoms with Gasteiger partial charge in [0, 0.05) is 67.2 Å². The SMILES string of the molecule is CC(C)(C)c1ccc(N(c2ccc(-c3ccccc3F)cc2)c2cc3oc4ccccc4c3c3c2C(c2ccccc2)(c2ccccc2)c2cc(N(c4ccc(-c5ccccc5F)cc4)c4ccc(C(C)(C)C)cc4)c4ccccc4c2-3)cc1. The van der Waals surface area contributed by atoms with Gasteiger partial charge in [-0.05, 0) is 134 Å². The zero-order chi connectivity index (χ0) is 57.5. The van der Waals surface area contributed by atoms with E-state index in [0.717, 1.165) is 111 Å². The van der Waals surface area contributed by atoms with Crippen molar-refractivity contribution in [2.45, 2.75) is 57.8 Å². The Labute approximate surface area is 490 Å². The molecule has 1 aromatic heterocycles. The van der Waals surface area contributed by atoms with Crippen molar-refractivity contribution < 1.29 is 13.2 Å². The van der Waals surface area contributed by atoms with Crippen molar-refractivity contribution in [2.75, 3.05) is 9.80 Å². The molecular weight excluding hydrogens is 1030 g/mol. The zero-order valence-corrected chi connectivity index (χ0v) is 48.0. The fraction of sp³-hybridized carbons (Fsp3) is 0.114. The highest BCUT2D eigenvalue weighted by molar-refractivity contribution is 6.23. The van der Waals surface area contributed by atoms with Gasteiger partial charge in [0.05, 0.1) is 16.8 Å². The van der Waals surface area contributed by atoms with E-state index in [9.17, 15) is 0 Å². The van der Waals surface area contributed by atoms with Gasteiger partial charge in [-0.1, -0.05) is 230 Å². The van der Waals surface area contributed by atoms with Gasteiger partial charge in [-0.15, -0.1) is 0 Å². The van der Waals surface area contributed by atoms with Crippen molar-refractivity contribution in [1.29, 1.82) is 0 Å². The minimum Gasteiger partial charge on any atom is -0.456 e. The van der Waals surface area contributed by atoms with Crippen LogP contribution in [0.15, 0.2) is 271 Å². The van der Waals surface area contributed by atoms with Gasteiger partial charge in [0.1, 0.15) is 22.8 Å². The van der Waals surface area contributed by atoms with E-state index in [2.05, 4.69) is 239 Å². The molecule has 0 amide bonds. The summed E-state index contributed by atoms with van der Waals surface area (Å²) in [6.45, 7) is 13.5. The molecule has 0 spiro atoms. The molecular formula is C79H62F2N2O. The molecule has 0 fully saturated rings. The van der Waals surface area contributed by atoms with Gasteiger partial charge in [-0.25, -0.2) is 8.78 Å². The molecule has 0 aliphatic heterocycles. The number of hydrogen-bond donors (Lipinski definition) is 0. The number of fused-ring (bicyclic) bond motifs is 9. The zero-order valence-electron chi connectivity index (χ0n) is 48.0. The second kappa shape index (κ2) is 20.2. The number of benzene rings is 12. The Balaban J connectivity index is 1.14. The summed E-state index contributed by atoms with van der Waals surface area (Å²) >= 11 is 0. The molecule has 0 unspecified atom stereocenters. The molecule has 1 aliphatic carbocycles. The summed E-state index contributed by atoms with van der Waals surface area (Å²) in [7, 11) is 0. The molecule has 13 aromatic rings. The lowest BCUT2D eigenvalue weighted by Crippen LogP contribution is -2.31. The van der Waals surface area contributed by atoms with Crippen molar-refractivity contribution >= 4 is 66.8 Å². The van der Waals surface area contributed by atoms with Crippen LogP contribution in [0.4, 0.5) is 42.9 Å². The quantitative estimate of drug-likeness (QED) is 0.136. The van der Waals surface area contributed by atoms with Crippen LogP contribution in [0.5, 0.6) is 0 Å². The van der Waals surface area contributed by atoms with Crippen molar-refractivity contribution in [2.24, 2.45) is 0 Å². The third-order valence-electron chi connectivity index (χ3n) is 17.2. The number of hydrogen-bond acceptors (Lipinski definition) is 3. The minimum absolute atomic E-state index is 0.0769. The smallest absolute Gasteiger partial charge is 0.138 e. The molecule has 1 aliphatic rings.